The number of nitro benzene ring substituents is 1. The zero-order chi connectivity index (χ0) is 16.3. The molecule has 1 aliphatic heterocycles. The van der Waals surface area contributed by atoms with Crippen LogP contribution in [0.1, 0.15) is 23.2 Å². The Morgan fingerprint density at radius 2 is 1.95 bits per heavy atom. The number of methoxy groups -OCH3 is 1. The van der Waals surface area contributed by atoms with E-state index in [-0.39, 0.29) is 16.9 Å². The van der Waals surface area contributed by atoms with E-state index in [1.165, 1.54) is 38.2 Å². The van der Waals surface area contributed by atoms with Gasteiger partial charge >= 0.3 is 5.97 Å². The number of rotatable bonds is 2. The lowest BCUT2D eigenvalue weighted by Gasteiger charge is -2.00. The van der Waals surface area contributed by atoms with Crippen LogP contribution in [0.25, 0.3) is 0 Å². The second kappa shape index (κ2) is 10.6. The molecule has 0 aromatic heterocycles. The number of nitrogens with two attached hydrogens (primary N) is 1. The average Bonchev–Trinajstić information content (AvgIpc) is 3.07. The molecule has 3 N–H and O–H groups in total. The standard InChI is InChI=1S/C8H8N2O4.C4H8O.CH4O/c1-14-8(11)5-2-3-7(10(12)13)6(9)4-5;1-2-4-5-3-1;1-2/h2-4H,9H2,1H3;1-4H2;2H,1H3. The molecule has 0 radical (unpaired) electrons. The fourth-order valence-electron chi connectivity index (χ4n) is 1.48. The van der Waals surface area contributed by atoms with Crippen molar-refractivity contribution in [2.24, 2.45) is 0 Å². The SMILES string of the molecule is C1CCOC1.CO.COC(=O)c1ccc([N+](=O)[O-])c(N)c1. The van der Waals surface area contributed by atoms with Gasteiger partial charge in [0.15, 0.2) is 0 Å². The third kappa shape index (κ3) is 6.68. The highest BCUT2D eigenvalue weighted by Gasteiger charge is 2.14. The Kier molecular flexibility index (Phi) is 9.48. The van der Waals surface area contributed by atoms with E-state index in [2.05, 4.69) is 4.74 Å². The van der Waals surface area contributed by atoms with Crippen molar-refractivity contribution in [1.29, 1.82) is 0 Å². The first kappa shape index (κ1) is 18.8. The molecule has 8 nitrogen and oxygen atoms in total. The predicted molar refractivity (Wildman–Crippen MR) is 77.0 cm³/mol. The van der Waals surface area contributed by atoms with E-state index in [1.807, 2.05) is 0 Å². The molecule has 0 unspecified atom stereocenters. The number of nitrogen functional groups attached to an aromatic ring is 1. The minimum atomic E-state index is -0.615. The summed E-state index contributed by atoms with van der Waals surface area (Å²) < 4.78 is 9.37. The van der Waals surface area contributed by atoms with E-state index in [9.17, 15) is 14.9 Å². The first-order chi connectivity index (χ1) is 10.1. The van der Waals surface area contributed by atoms with Crippen LogP contribution in [0, 0.1) is 10.1 Å². The molecule has 118 valence electrons. The van der Waals surface area contributed by atoms with Crippen molar-refractivity contribution < 1.29 is 24.3 Å². The number of hydrogen-bond acceptors (Lipinski definition) is 7. The van der Waals surface area contributed by atoms with Gasteiger partial charge in [0, 0.05) is 26.4 Å². The van der Waals surface area contributed by atoms with Crippen molar-refractivity contribution in [1.82, 2.24) is 0 Å². The van der Waals surface area contributed by atoms with Crippen molar-refractivity contribution in [3.8, 4) is 0 Å². The molecule has 1 fully saturated rings. The lowest BCUT2D eigenvalue weighted by molar-refractivity contribution is -0.383. The zero-order valence-corrected chi connectivity index (χ0v) is 12.1. The average molecular weight is 300 g/mol. The maximum Gasteiger partial charge on any atom is 0.337 e. The number of aliphatic hydroxyl groups is 1. The first-order valence-corrected chi connectivity index (χ1v) is 6.21. The summed E-state index contributed by atoms with van der Waals surface area (Å²) in [7, 11) is 2.22. The molecule has 8 heteroatoms. The number of nitro groups is 1. The second-order valence-electron chi connectivity index (χ2n) is 3.84. The van der Waals surface area contributed by atoms with E-state index < -0.39 is 10.9 Å². The highest BCUT2D eigenvalue weighted by Crippen LogP contribution is 2.22. The monoisotopic (exact) mass is 300 g/mol. The fourth-order valence-corrected chi connectivity index (χ4v) is 1.48. The lowest BCUT2D eigenvalue weighted by Crippen LogP contribution is -2.03. The van der Waals surface area contributed by atoms with Crippen molar-refractivity contribution in [3.63, 3.8) is 0 Å². The van der Waals surface area contributed by atoms with Gasteiger partial charge < -0.3 is 20.3 Å². The maximum absolute atomic E-state index is 11.0. The zero-order valence-electron chi connectivity index (χ0n) is 12.1. The molecule has 0 aliphatic carbocycles. The summed E-state index contributed by atoms with van der Waals surface area (Å²) in [5.41, 5.74) is 5.27. The minimum Gasteiger partial charge on any atom is -0.465 e. The number of carbonyl (C=O) groups is 1. The molecule has 2 rings (SSSR count). The summed E-state index contributed by atoms with van der Waals surface area (Å²) >= 11 is 0. The fraction of sp³-hybridized carbons (Fsp3) is 0.462. The summed E-state index contributed by atoms with van der Waals surface area (Å²) in [6.07, 6.45) is 2.56. The van der Waals surface area contributed by atoms with Crippen LogP contribution in [-0.4, -0.2) is 43.4 Å². The normalized spacial score (nSPS) is 12.3. The van der Waals surface area contributed by atoms with Crippen LogP contribution in [0.2, 0.25) is 0 Å². The number of aliphatic hydroxyl groups excluding tert-OH is 1. The summed E-state index contributed by atoms with van der Waals surface area (Å²) in [5, 5.41) is 17.4. The Morgan fingerprint density at radius 1 is 1.38 bits per heavy atom. The predicted octanol–water partition coefficient (Wildman–Crippen LogP) is 1.37. The lowest BCUT2D eigenvalue weighted by atomic mass is 10.2. The number of anilines is 1. The van der Waals surface area contributed by atoms with Gasteiger partial charge in [-0.25, -0.2) is 4.79 Å². The van der Waals surface area contributed by atoms with Gasteiger partial charge in [-0.2, -0.15) is 0 Å². The minimum absolute atomic E-state index is 0.0575. The number of ether oxygens (including phenoxy) is 2. The molecule has 0 bridgehead atoms. The molecule has 1 aromatic rings. The Bertz CT molecular complexity index is 452. The third-order valence-electron chi connectivity index (χ3n) is 2.47. The van der Waals surface area contributed by atoms with Gasteiger partial charge in [0.05, 0.1) is 17.6 Å². The molecule has 0 amide bonds. The molecule has 21 heavy (non-hydrogen) atoms. The highest BCUT2D eigenvalue weighted by molar-refractivity contribution is 5.91. The Labute approximate surface area is 122 Å². The quantitative estimate of drug-likeness (QED) is 0.365. The number of benzene rings is 1. The smallest absolute Gasteiger partial charge is 0.337 e. The van der Waals surface area contributed by atoms with Crippen LogP contribution in [0.5, 0.6) is 0 Å². The molecule has 1 saturated heterocycles. The largest absolute Gasteiger partial charge is 0.465 e. The first-order valence-electron chi connectivity index (χ1n) is 6.21. The van der Waals surface area contributed by atoms with Crippen molar-refractivity contribution >= 4 is 17.3 Å². The summed E-state index contributed by atoms with van der Waals surface area (Å²) in [5.74, 6) is -0.577. The number of nitrogens with zero attached hydrogens (tertiary/aromatic N) is 1. The van der Waals surface area contributed by atoms with E-state index in [1.54, 1.807) is 0 Å². The van der Waals surface area contributed by atoms with E-state index >= 15 is 0 Å². The van der Waals surface area contributed by atoms with Crippen molar-refractivity contribution in [2.75, 3.05) is 33.2 Å². The number of carbonyl (C=O) groups excluding carboxylic acids is 1. The van der Waals surface area contributed by atoms with Gasteiger partial charge in [-0.1, -0.05) is 0 Å². The molecule has 1 aliphatic rings. The van der Waals surface area contributed by atoms with Crippen LogP contribution < -0.4 is 5.73 Å². The van der Waals surface area contributed by atoms with Gasteiger partial charge in [0.2, 0.25) is 0 Å². The van der Waals surface area contributed by atoms with Gasteiger partial charge in [-0.05, 0) is 25.0 Å². The summed E-state index contributed by atoms with van der Waals surface area (Å²) in [6.45, 7) is 2.00. The third-order valence-corrected chi connectivity index (χ3v) is 2.47. The van der Waals surface area contributed by atoms with Crippen molar-refractivity contribution in [2.45, 2.75) is 12.8 Å². The molecule has 1 heterocycles. The van der Waals surface area contributed by atoms with Crippen LogP contribution in [0.15, 0.2) is 18.2 Å². The van der Waals surface area contributed by atoms with E-state index in [0.29, 0.717) is 0 Å². The Hall–Kier alpha value is -2.19. The van der Waals surface area contributed by atoms with Gasteiger partial charge in [-0.15, -0.1) is 0 Å². The van der Waals surface area contributed by atoms with Crippen LogP contribution in [-0.2, 0) is 9.47 Å². The number of esters is 1. The Balaban J connectivity index is 0.000000473. The highest BCUT2D eigenvalue weighted by atomic mass is 16.6. The van der Waals surface area contributed by atoms with E-state index in [4.69, 9.17) is 15.6 Å². The second-order valence-corrected chi connectivity index (χ2v) is 3.84. The topological polar surface area (TPSA) is 125 Å². The van der Waals surface area contributed by atoms with Gasteiger partial charge in [-0.3, -0.25) is 10.1 Å². The molecular weight excluding hydrogens is 280 g/mol. The van der Waals surface area contributed by atoms with E-state index in [0.717, 1.165) is 20.3 Å². The molecule has 0 saturated carbocycles. The maximum atomic E-state index is 11.0. The van der Waals surface area contributed by atoms with Crippen LogP contribution in [0.4, 0.5) is 11.4 Å². The molecule has 0 atom stereocenters. The molecule has 1 aromatic carbocycles. The van der Waals surface area contributed by atoms with Gasteiger partial charge in [0.25, 0.3) is 5.69 Å². The van der Waals surface area contributed by atoms with Crippen LogP contribution in [0.3, 0.4) is 0 Å². The number of hydrogen-bond donors (Lipinski definition) is 2. The Morgan fingerprint density at radius 3 is 2.29 bits per heavy atom. The van der Waals surface area contributed by atoms with Crippen LogP contribution >= 0.6 is 0 Å². The van der Waals surface area contributed by atoms with Gasteiger partial charge in [0.1, 0.15) is 5.69 Å². The molecule has 0 spiro atoms. The summed E-state index contributed by atoms with van der Waals surface area (Å²) in [6, 6.07) is 3.67. The summed E-state index contributed by atoms with van der Waals surface area (Å²) in [4.78, 5) is 20.8. The molecular formula is C13H20N2O6. The van der Waals surface area contributed by atoms with Crippen molar-refractivity contribution in [3.05, 3.63) is 33.9 Å².